The summed E-state index contributed by atoms with van der Waals surface area (Å²) in [6, 6.07) is 4.43. The molecule has 0 spiro atoms. The molecular formula is C13H9F5N2. The Kier molecular flexibility index (Phi) is 3.78. The van der Waals surface area contributed by atoms with Crippen molar-refractivity contribution in [3.63, 3.8) is 0 Å². The number of nitrogens with one attached hydrogen (secondary N) is 1. The fraction of sp³-hybridized carbons (Fsp3) is 0.0769. The first-order valence-electron chi connectivity index (χ1n) is 5.47. The van der Waals surface area contributed by atoms with Crippen LogP contribution >= 0.6 is 0 Å². The van der Waals surface area contributed by atoms with Gasteiger partial charge in [0.1, 0.15) is 5.82 Å². The lowest BCUT2D eigenvalue weighted by Gasteiger charge is -2.13. The van der Waals surface area contributed by atoms with Gasteiger partial charge in [-0.2, -0.15) is 0 Å². The van der Waals surface area contributed by atoms with Crippen LogP contribution < -0.4 is 11.1 Å². The Bertz CT molecular complexity index is 643. The fourth-order valence-electron chi connectivity index (χ4n) is 1.64. The molecule has 0 aliphatic heterocycles. The Morgan fingerprint density at radius 1 is 0.850 bits per heavy atom. The zero-order valence-electron chi connectivity index (χ0n) is 9.93. The van der Waals surface area contributed by atoms with Gasteiger partial charge in [0.2, 0.25) is 0 Å². The average molecular weight is 288 g/mol. The molecule has 7 heteroatoms. The van der Waals surface area contributed by atoms with Gasteiger partial charge in [0.05, 0.1) is 5.69 Å². The van der Waals surface area contributed by atoms with Crippen molar-refractivity contribution in [3.8, 4) is 0 Å². The van der Waals surface area contributed by atoms with Gasteiger partial charge in [-0.1, -0.05) is 0 Å². The first kappa shape index (κ1) is 14.1. The predicted octanol–water partition coefficient (Wildman–Crippen LogP) is 4.37. The summed E-state index contributed by atoms with van der Waals surface area (Å²) in [5.41, 5.74) is 4.44. The summed E-state index contributed by atoms with van der Waals surface area (Å²) in [6.07, 6.45) is -2.85. The van der Waals surface area contributed by atoms with E-state index in [4.69, 9.17) is 5.73 Å². The van der Waals surface area contributed by atoms with E-state index < -0.39 is 35.1 Å². The summed E-state index contributed by atoms with van der Waals surface area (Å²) >= 11 is 0. The Balaban J connectivity index is 2.42. The smallest absolute Gasteiger partial charge is 0.265 e. The third-order valence-corrected chi connectivity index (χ3v) is 2.59. The van der Waals surface area contributed by atoms with Gasteiger partial charge in [-0.3, -0.25) is 0 Å². The molecule has 2 rings (SSSR count). The van der Waals surface area contributed by atoms with Crippen LogP contribution in [0.5, 0.6) is 0 Å². The van der Waals surface area contributed by atoms with E-state index in [0.717, 1.165) is 6.07 Å². The molecular weight excluding hydrogens is 279 g/mol. The van der Waals surface area contributed by atoms with E-state index in [2.05, 4.69) is 5.32 Å². The highest BCUT2D eigenvalue weighted by Gasteiger charge is 2.16. The van der Waals surface area contributed by atoms with Crippen LogP contribution in [0.3, 0.4) is 0 Å². The maximum Gasteiger partial charge on any atom is 0.265 e. The number of alkyl halides is 2. The quantitative estimate of drug-likeness (QED) is 0.500. The second kappa shape index (κ2) is 5.36. The van der Waals surface area contributed by atoms with Crippen LogP contribution in [0.25, 0.3) is 0 Å². The standard InChI is InChI=1S/C13H9F5N2/c14-8-4-10(16)12(5-9(8)15)20-11-2-1-6(19)3-7(11)13(17)18/h1-5,13,20H,19H2. The molecule has 0 heterocycles. The summed E-state index contributed by atoms with van der Waals surface area (Å²) < 4.78 is 64.9. The highest BCUT2D eigenvalue weighted by atomic mass is 19.3. The highest BCUT2D eigenvalue weighted by Crippen LogP contribution is 2.32. The molecule has 0 aliphatic carbocycles. The zero-order chi connectivity index (χ0) is 14.9. The minimum absolute atomic E-state index is 0.108. The molecule has 0 unspecified atom stereocenters. The van der Waals surface area contributed by atoms with Crippen LogP contribution in [0.1, 0.15) is 12.0 Å². The van der Waals surface area contributed by atoms with Crippen molar-refractivity contribution in [1.82, 2.24) is 0 Å². The Morgan fingerprint density at radius 2 is 1.50 bits per heavy atom. The molecule has 2 nitrogen and oxygen atoms in total. The molecule has 0 saturated carbocycles. The van der Waals surface area contributed by atoms with Crippen molar-refractivity contribution >= 4 is 17.1 Å². The summed E-state index contributed by atoms with van der Waals surface area (Å²) in [5.74, 6) is -3.75. The van der Waals surface area contributed by atoms with Gasteiger partial charge >= 0.3 is 0 Å². The number of benzene rings is 2. The van der Waals surface area contributed by atoms with Crippen LogP contribution in [0, 0.1) is 17.5 Å². The maximum atomic E-state index is 13.4. The van der Waals surface area contributed by atoms with Crippen LogP contribution in [0.2, 0.25) is 0 Å². The normalized spacial score (nSPS) is 10.9. The molecule has 20 heavy (non-hydrogen) atoms. The molecule has 106 valence electrons. The van der Waals surface area contributed by atoms with E-state index in [1.807, 2.05) is 0 Å². The van der Waals surface area contributed by atoms with Gasteiger partial charge in [-0.05, 0) is 18.2 Å². The SMILES string of the molecule is Nc1ccc(Nc2cc(F)c(F)cc2F)c(C(F)F)c1. The molecule has 0 amide bonds. The Hall–Kier alpha value is -2.31. The molecule has 3 N–H and O–H groups in total. The third-order valence-electron chi connectivity index (χ3n) is 2.59. The largest absolute Gasteiger partial charge is 0.399 e. The fourth-order valence-corrected chi connectivity index (χ4v) is 1.64. The summed E-state index contributed by atoms with van der Waals surface area (Å²) in [5, 5.41) is 2.30. The number of rotatable bonds is 3. The summed E-state index contributed by atoms with van der Waals surface area (Å²) in [4.78, 5) is 0. The molecule has 0 saturated heterocycles. The van der Waals surface area contributed by atoms with Crippen molar-refractivity contribution in [2.45, 2.75) is 6.43 Å². The monoisotopic (exact) mass is 288 g/mol. The zero-order valence-corrected chi connectivity index (χ0v) is 9.93. The van der Waals surface area contributed by atoms with Gasteiger partial charge < -0.3 is 11.1 Å². The minimum Gasteiger partial charge on any atom is -0.399 e. The van der Waals surface area contributed by atoms with Crippen molar-refractivity contribution < 1.29 is 22.0 Å². The topological polar surface area (TPSA) is 38.0 Å². The van der Waals surface area contributed by atoms with E-state index in [9.17, 15) is 22.0 Å². The van der Waals surface area contributed by atoms with Crippen LogP contribution in [0.15, 0.2) is 30.3 Å². The number of nitrogens with two attached hydrogens (primary N) is 1. The summed E-state index contributed by atoms with van der Waals surface area (Å²) in [7, 11) is 0. The average Bonchev–Trinajstić information content (AvgIpc) is 2.37. The van der Waals surface area contributed by atoms with E-state index in [1.165, 1.54) is 12.1 Å². The van der Waals surface area contributed by atoms with Crippen LogP contribution in [0.4, 0.5) is 39.0 Å². The van der Waals surface area contributed by atoms with E-state index in [1.54, 1.807) is 0 Å². The van der Waals surface area contributed by atoms with Gasteiger partial charge in [-0.25, -0.2) is 22.0 Å². The number of halogens is 5. The molecule has 0 bridgehead atoms. The molecule has 0 aliphatic rings. The van der Waals surface area contributed by atoms with E-state index in [-0.39, 0.29) is 11.4 Å². The first-order chi connectivity index (χ1) is 9.38. The molecule has 0 atom stereocenters. The molecule has 0 fully saturated rings. The molecule has 2 aromatic rings. The lowest BCUT2D eigenvalue weighted by Crippen LogP contribution is -2.01. The van der Waals surface area contributed by atoms with Gasteiger partial charge in [0.25, 0.3) is 6.43 Å². The second-order valence-electron chi connectivity index (χ2n) is 4.02. The number of hydrogen-bond acceptors (Lipinski definition) is 2. The lowest BCUT2D eigenvalue weighted by atomic mass is 10.1. The van der Waals surface area contributed by atoms with Gasteiger partial charge in [-0.15, -0.1) is 0 Å². The van der Waals surface area contributed by atoms with Gasteiger partial charge in [0, 0.05) is 29.1 Å². The van der Waals surface area contributed by atoms with Crippen molar-refractivity contribution in [2.75, 3.05) is 11.1 Å². The summed E-state index contributed by atoms with van der Waals surface area (Å²) in [6.45, 7) is 0. The third kappa shape index (κ3) is 2.81. The maximum absolute atomic E-state index is 13.4. The molecule has 2 aromatic carbocycles. The molecule has 0 radical (unpaired) electrons. The predicted molar refractivity (Wildman–Crippen MR) is 65.4 cm³/mol. The lowest BCUT2D eigenvalue weighted by molar-refractivity contribution is 0.152. The minimum atomic E-state index is -2.85. The first-order valence-corrected chi connectivity index (χ1v) is 5.47. The van der Waals surface area contributed by atoms with Crippen molar-refractivity contribution in [1.29, 1.82) is 0 Å². The van der Waals surface area contributed by atoms with Crippen LogP contribution in [-0.2, 0) is 0 Å². The number of nitrogen functional groups attached to an aromatic ring is 1. The van der Waals surface area contributed by atoms with Crippen molar-refractivity contribution in [2.24, 2.45) is 0 Å². The van der Waals surface area contributed by atoms with Gasteiger partial charge in [0.15, 0.2) is 11.6 Å². The Morgan fingerprint density at radius 3 is 2.15 bits per heavy atom. The highest BCUT2D eigenvalue weighted by molar-refractivity contribution is 5.66. The second-order valence-corrected chi connectivity index (χ2v) is 4.02. The van der Waals surface area contributed by atoms with E-state index in [0.29, 0.717) is 12.1 Å². The number of anilines is 3. The number of hydrogen-bond donors (Lipinski definition) is 2. The molecule has 0 aromatic heterocycles. The van der Waals surface area contributed by atoms with Crippen LogP contribution in [-0.4, -0.2) is 0 Å². The van der Waals surface area contributed by atoms with Crippen molar-refractivity contribution in [3.05, 3.63) is 53.3 Å². The Labute approximate surface area is 111 Å². The van der Waals surface area contributed by atoms with E-state index >= 15 is 0 Å².